The first-order chi connectivity index (χ1) is 8.90. The average molecular weight is 270 g/mol. The Balaban J connectivity index is 2.76. The third kappa shape index (κ3) is 4.21. The minimum absolute atomic E-state index is 0.0779. The molecule has 0 aliphatic rings. The highest BCUT2D eigenvalue weighted by Gasteiger charge is 2.25. The Morgan fingerprint density at radius 1 is 1.47 bits per heavy atom. The summed E-state index contributed by atoms with van der Waals surface area (Å²) in [5, 5.41) is 10.3. The molecule has 0 radical (unpaired) electrons. The zero-order valence-corrected chi connectivity index (χ0v) is 11.4. The van der Waals surface area contributed by atoms with Crippen LogP contribution in [-0.4, -0.2) is 24.8 Å². The van der Waals surface area contributed by atoms with Crippen molar-refractivity contribution < 1.29 is 23.8 Å². The number of methoxy groups -OCH3 is 1. The van der Waals surface area contributed by atoms with Crippen LogP contribution in [-0.2, 0) is 15.1 Å². The molecule has 1 unspecified atom stereocenters. The predicted molar refractivity (Wildman–Crippen MR) is 68.4 cm³/mol. The maximum absolute atomic E-state index is 13.6. The third-order valence-corrected chi connectivity index (χ3v) is 2.89. The number of carbonyl (C=O) groups excluding carboxylic acids is 1. The molecule has 1 aromatic carbocycles. The van der Waals surface area contributed by atoms with E-state index < -0.39 is 11.4 Å². The Labute approximate surface area is 112 Å². The van der Waals surface area contributed by atoms with Gasteiger partial charge in [0.25, 0.3) is 0 Å². The number of rotatable bonds is 6. The molecule has 0 aromatic heterocycles. The van der Waals surface area contributed by atoms with Gasteiger partial charge in [-0.25, -0.2) is 4.39 Å². The van der Waals surface area contributed by atoms with Crippen LogP contribution in [0.25, 0.3) is 0 Å². The van der Waals surface area contributed by atoms with Gasteiger partial charge in [-0.15, -0.1) is 0 Å². The minimum Gasteiger partial charge on any atom is -0.494 e. The summed E-state index contributed by atoms with van der Waals surface area (Å²) in [5.41, 5.74) is -0.894. The van der Waals surface area contributed by atoms with Crippen molar-refractivity contribution in [2.24, 2.45) is 0 Å². The highest BCUT2D eigenvalue weighted by Crippen LogP contribution is 2.29. The van der Waals surface area contributed by atoms with Crippen molar-refractivity contribution >= 4 is 5.97 Å². The van der Waals surface area contributed by atoms with Crippen LogP contribution in [0.4, 0.5) is 4.39 Å². The fourth-order valence-electron chi connectivity index (χ4n) is 1.72. The van der Waals surface area contributed by atoms with E-state index in [0.717, 1.165) is 0 Å². The van der Waals surface area contributed by atoms with E-state index in [1.54, 1.807) is 13.0 Å². The van der Waals surface area contributed by atoms with E-state index in [1.807, 2.05) is 0 Å². The van der Waals surface area contributed by atoms with Crippen molar-refractivity contribution in [3.05, 3.63) is 29.6 Å². The number of hydrogen-bond acceptors (Lipinski definition) is 4. The van der Waals surface area contributed by atoms with E-state index in [9.17, 15) is 14.3 Å². The molecule has 1 N–H and O–H groups in total. The molecule has 0 aliphatic heterocycles. The molecule has 0 bridgehead atoms. The predicted octanol–water partition coefficient (Wildman–Crippen LogP) is 2.39. The lowest BCUT2D eigenvalue weighted by Crippen LogP contribution is -2.23. The summed E-state index contributed by atoms with van der Waals surface area (Å²) in [7, 11) is 1.37. The highest BCUT2D eigenvalue weighted by atomic mass is 19.1. The number of halogens is 1. The molecular formula is C14H19FO4. The summed E-state index contributed by atoms with van der Waals surface area (Å²) >= 11 is 0. The first-order valence-electron chi connectivity index (χ1n) is 6.12. The molecule has 4 nitrogen and oxygen atoms in total. The van der Waals surface area contributed by atoms with Gasteiger partial charge in [0.1, 0.15) is 0 Å². The second-order valence-corrected chi connectivity index (χ2v) is 4.43. The molecule has 0 aliphatic carbocycles. The molecule has 0 saturated carbocycles. The fourth-order valence-corrected chi connectivity index (χ4v) is 1.72. The molecule has 1 rings (SSSR count). The van der Waals surface area contributed by atoms with Crippen molar-refractivity contribution in [2.45, 2.75) is 32.3 Å². The molecule has 0 fully saturated rings. The number of aliphatic hydroxyl groups is 1. The lowest BCUT2D eigenvalue weighted by molar-refractivity contribution is -0.144. The zero-order chi connectivity index (χ0) is 14.5. The summed E-state index contributed by atoms with van der Waals surface area (Å²) in [6, 6.07) is 4.24. The van der Waals surface area contributed by atoms with Crippen LogP contribution in [0.1, 0.15) is 32.3 Å². The van der Waals surface area contributed by atoms with Crippen LogP contribution in [0, 0.1) is 5.82 Å². The Bertz CT molecular complexity index is 443. The summed E-state index contributed by atoms with van der Waals surface area (Å²) in [6.07, 6.45) is 0.242. The van der Waals surface area contributed by atoms with Crippen LogP contribution in [0.3, 0.4) is 0 Å². The van der Waals surface area contributed by atoms with Crippen molar-refractivity contribution in [1.82, 2.24) is 0 Å². The summed E-state index contributed by atoms with van der Waals surface area (Å²) in [4.78, 5) is 11.3. The van der Waals surface area contributed by atoms with Gasteiger partial charge in [0.15, 0.2) is 11.6 Å². The minimum atomic E-state index is -1.29. The fraction of sp³-hybridized carbons (Fsp3) is 0.500. The van der Waals surface area contributed by atoms with Gasteiger partial charge < -0.3 is 14.6 Å². The number of carbonyl (C=O) groups is 1. The summed E-state index contributed by atoms with van der Waals surface area (Å²) < 4.78 is 23.2. The topological polar surface area (TPSA) is 55.8 Å². The number of esters is 1. The van der Waals surface area contributed by atoms with Crippen LogP contribution in [0.15, 0.2) is 18.2 Å². The molecule has 19 heavy (non-hydrogen) atoms. The molecule has 0 saturated heterocycles. The number of benzene rings is 1. The maximum Gasteiger partial charge on any atom is 0.305 e. The van der Waals surface area contributed by atoms with E-state index >= 15 is 0 Å². The van der Waals surface area contributed by atoms with E-state index in [2.05, 4.69) is 0 Å². The molecule has 0 heterocycles. The van der Waals surface area contributed by atoms with E-state index in [4.69, 9.17) is 9.47 Å². The Morgan fingerprint density at radius 2 is 2.16 bits per heavy atom. The first kappa shape index (κ1) is 15.4. The standard InChI is InChI=1S/C14H19FO4/c1-4-19-13(16)7-8-14(2,17)10-5-6-12(18-3)11(15)9-10/h5-6,9,17H,4,7-8H2,1-3H3. The summed E-state index contributed by atoms with van der Waals surface area (Å²) in [6.45, 7) is 3.56. The van der Waals surface area contributed by atoms with Crippen LogP contribution < -0.4 is 4.74 Å². The number of hydrogen-bond donors (Lipinski definition) is 1. The van der Waals surface area contributed by atoms with Crippen molar-refractivity contribution in [1.29, 1.82) is 0 Å². The molecule has 0 amide bonds. The maximum atomic E-state index is 13.6. The monoisotopic (exact) mass is 270 g/mol. The highest BCUT2D eigenvalue weighted by molar-refractivity contribution is 5.69. The second kappa shape index (κ2) is 6.52. The van der Waals surface area contributed by atoms with E-state index in [1.165, 1.54) is 26.2 Å². The molecule has 1 aromatic rings. The SMILES string of the molecule is CCOC(=O)CCC(C)(O)c1ccc(OC)c(F)c1. The van der Waals surface area contributed by atoms with Gasteiger partial charge in [0.05, 0.1) is 19.3 Å². The first-order valence-corrected chi connectivity index (χ1v) is 6.12. The third-order valence-electron chi connectivity index (χ3n) is 2.89. The lowest BCUT2D eigenvalue weighted by Gasteiger charge is -2.23. The lowest BCUT2D eigenvalue weighted by atomic mass is 9.91. The zero-order valence-electron chi connectivity index (χ0n) is 11.4. The molecule has 106 valence electrons. The van der Waals surface area contributed by atoms with E-state index in [-0.39, 0.29) is 24.6 Å². The smallest absolute Gasteiger partial charge is 0.305 e. The molecule has 0 spiro atoms. The van der Waals surface area contributed by atoms with Crippen molar-refractivity contribution in [2.75, 3.05) is 13.7 Å². The second-order valence-electron chi connectivity index (χ2n) is 4.43. The molecule has 1 atom stereocenters. The quantitative estimate of drug-likeness (QED) is 0.806. The van der Waals surface area contributed by atoms with Gasteiger partial charge in [0, 0.05) is 6.42 Å². The molecular weight excluding hydrogens is 251 g/mol. The van der Waals surface area contributed by atoms with Crippen molar-refractivity contribution in [3.63, 3.8) is 0 Å². The average Bonchev–Trinajstić information content (AvgIpc) is 2.37. The van der Waals surface area contributed by atoms with Gasteiger partial charge in [0.2, 0.25) is 0 Å². The van der Waals surface area contributed by atoms with Gasteiger partial charge in [-0.2, -0.15) is 0 Å². The Kier molecular flexibility index (Phi) is 5.30. The van der Waals surface area contributed by atoms with E-state index in [0.29, 0.717) is 12.2 Å². The van der Waals surface area contributed by atoms with Gasteiger partial charge in [-0.05, 0) is 38.0 Å². The van der Waals surface area contributed by atoms with Crippen molar-refractivity contribution in [3.8, 4) is 5.75 Å². The van der Waals surface area contributed by atoms with Crippen LogP contribution in [0.5, 0.6) is 5.75 Å². The number of ether oxygens (including phenoxy) is 2. The summed E-state index contributed by atoms with van der Waals surface area (Å²) in [5.74, 6) is -0.807. The largest absolute Gasteiger partial charge is 0.494 e. The van der Waals surface area contributed by atoms with Gasteiger partial charge in [-0.3, -0.25) is 4.79 Å². The van der Waals surface area contributed by atoms with Gasteiger partial charge >= 0.3 is 5.97 Å². The Hall–Kier alpha value is -1.62. The van der Waals surface area contributed by atoms with Gasteiger partial charge in [-0.1, -0.05) is 6.07 Å². The van der Waals surface area contributed by atoms with Crippen LogP contribution >= 0.6 is 0 Å². The van der Waals surface area contributed by atoms with Crippen LogP contribution in [0.2, 0.25) is 0 Å². The normalized spacial score (nSPS) is 13.7. The Morgan fingerprint density at radius 3 is 2.68 bits per heavy atom. The molecule has 5 heteroatoms.